The summed E-state index contributed by atoms with van der Waals surface area (Å²) >= 11 is 0. The van der Waals surface area contributed by atoms with Crippen LogP contribution in [0.3, 0.4) is 0 Å². The second-order valence-electron chi connectivity index (χ2n) is 8.40. The highest BCUT2D eigenvalue weighted by atomic mass is 28.3. The van der Waals surface area contributed by atoms with E-state index in [2.05, 4.69) is 75.2 Å². The Morgan fingerprint density at radius 2 is 1.46 bits per heavy atom. The van der Waals surface area contributed by atoms with Gasteiger partial charge in [0.05, 0.1) is 12.1 Å². The van der Waals surface area contributed by atoms with E-state index in [9.17, 15) is 5.11 Å². The highest BCUT2D eigenvalue weighted by molar-refractivity contribution is 6.59. The second kappa shape index (κ2) is 8.87. The molecule has 1 aliphatic heterocycles. The van der Waals surface area contributed by atoms with E-state index in [4.69, 9.17) is 0 Å². The van der Waals surface area contributed by atoms with Gasteiger partial charge >= 0.3 is 0 Å². The Morgan fingerprint density at radius 1 is 0.962 bits per heavy atom. The van der Waals surface area contributed by atoms with Crippen molar-refractivity contribution in [3.63, 3.8) is 0 Å². The predicted octanol–water partition coefficient (Wildman–Crippen LogP) is 5.72. The molecule has 2 nitrogen and oxygen atoms in total. The first kappa shape index (κ1) is 20.7. The van der Waals surface area contributed by atoms with E-state index < -0.39 is 0 Å². The summed E-state index contributed by atoms with van der Waals surface area (Å²) in [4.78, 5) is 2.35. The van der Waals surface area contributed by atoms with Crippen LogP contribution in [0, 0.1) is 0 Å². The van der Waals surface area contributed by atoms with Crippen LogP contribution < -0.4 is 4.90 Å². The molecule has 0 bridgehead atoms. The zero-order chi connectivity index (χ0) is 19.2. The molecule has 3 rings (SSSR count). The molecule has 2 aromatic rings. The maximum Gasteiger partial charge on any atom is 0.0884 e. The van der Waals surface area contributed by atoms with Crippen molar-refractivity contribution in [1.82, 2.24) is 0 Å². The summed E-state index contributed by atoms with van der Waals surface area (Å²) in [5.41, 5.74) is 2.14. The number of nitrogens with zero attached hydrogens (tertiary/aromatic N) is 1. The number of hydrogen-bond donors (Lipinski definition) is 1. The van der Waals surface area contributed by atoms with Gasteiger partial charge in [0, 0.05) is 21.0 Å². The Kier molecular flexibility index (Phi) is 7.07. The first-order valence-corrected chi connectivity index (χ1v) is 12.1. The molecule has 26 heavy (non-hydrogen) atoms. The molecule has 1 radical (unpaired) electrons. The second-order valence-corrected chi connectivity index (χ2v) is 11.9. The van der Waals surface area contributed by atoms with E-state index >= 15 is 0 Å². The Balaban J connectivity index is 0.000000298. The molecule has 1 heterocycles. The molecule has 0 aromatic heterocycles. The summed E-state index contributed by atoms with van der Waals surface area (Å²) in [5.74, 6) is 0. The van der Waals surface area contributed by atoms with Gasteiger partial charge in [0.1, 0.15) is 0 Å². The minimum atomic E-state index is -0.261. The van der Waals surface area contributed by atoms with E-state index in [1.165, 1.54) is 11.3 Å². The molecule has 3 heteroatoms. The number of hydrogen-bond acceptors (Lipinski definition) is 2. The third-order valence-corrected chi connectivity index (χ3v) is 8.63. The molecule has 1 aliphatic rings. The fourth-order valence-electron chi connectivity index (χ4n) is 3.17. The van der Waals surface area contributed by atoms with Gasteiger partial charge in [0.25, 0.3) is 0 Å². The van der Waals surface area contributed by atoms with Crippen LogP contribution in [0.25, 0.3) is 0 Å². The summed E-state index contributed by atoms with van der Waals surface area (Å²) in [5, 5.41) is 10.7. The quantitative estimate of drug-likeness (QED) is 0.701. The first-order valence-electron chi connectivity index (χ1n) is 9.61. The lowest BCUT2D eigenvalue weighted by Gasteiger charge is -2.39. The number of rotatable bonds is 3. The fourth-order valence-corrected chi connectivity index (χ4v) is 3.17. The summed E-state index contributed by atoms with van der Waals surface area (Å²) < 4.78 is 0. The molecule has 0 spiro atoms. The molecule has 2 aromatic carbocycles. The Bertz CT molecular complexity index is 651. The van der Waals surface area contributed by atoms with E-state index in [0.29, 0.717) is 5.04 Å². The SMILES string of the molecule is C[Si](C)C(C)(C)C.OC[C@]1(c2ccccc2)CCCN1c1ccccc1. The van der Waals surface area contributed by atoms with E-state index in [1.807, 2.05) is 24.3 Å². The van der Waals surface area contributed by atoms with Gasteiger partial charge in [-0.3, -0.25) is 0 Å². The molecule has 1 saturated heterocycles. The van der Waals surface area contributed by atoms with Crippen LogP contribution in [0.5, 0.6) is 0 Å². The van der Waals surface area contributed by atoms with Crippen molar-refractivity contribution in [2.75, 3.05) is 18.1 Å². The van der Waals surface area contributed by atoms with Gasteiger partial charge in [0.2, 0.25) is 0 Å². The van der Waals surface area contributed by atoms with Gasteiger partial charge in [-0.15, -0.1) is 0 Å². The molecule has 141 valence electrons. The zero-order valence-corrected chi connectivity index (χ0v) is 18.0. The molecule has 0 amide bonds. The van der Waals surface area contributed by atoms with Crippen molar-refractivity contribution < 1.29 is 5.11 Å². The summed E-state index contributed by atoms with van der Waals surface area (Å²) in [6, 6.07) is 20.8. The van der Waals surface area contributed by atoms with E-state index in [-0.39, 0.29) is 20.9 Å². The lowest BCUT2D eigenvalue weighted by Crippen LogP contribution is -2.44. The molecule has 0 saturated carbocycles. The van der Waals surface area contributed by atoms with Gasteiger partial charge in [-0.05, 0) is 35.6 Å². The molecule has 1 atom stereocenters. The highest BCUT2D eigenvalue weighted by Crippen LogP contribution is 2.41. The van der Waals surface area contributed by atoms with Crippen LogP contribution in [0.4, 0.5) is 5.69 Å². The summed E-state index contributed by atoms with van der Waals surface area (Å²) in [6.07, 6.45) is 2.12. The maximum atomic E-state index is 10.1. The molecule has 1 N–H and O–H groups in total. The van der Waals surface area contributed by atoms with Crippen LogP contribution in [-0.2, 0) is 5.54 Å². The van der Waals surface area contributed by atoms with Crippen molar-refractivity contribution in [2.45, 2.75) is 57.3 Å². The van der Waals surface area contributed by atoms with Crippen LogP contribution in [0.2, 0.25) is 18.1 Å². The van der Waals surface area contributed by atoms with Crippen molar-refractivity contribution in [2.24, 2.45) is 0 Å². The Hall–Kier alpha value is -1.58. The largest absolute Gasteiger partial charge is 0.394 e. The number of anilines is 1. The minimum Gasteiger partial charge on any atom is -0.394 e. The van der Waals surface area contributed by atoms with Crippen LogP contribution >= 0.6 is 0 Å². The third kappa shape index (κ3) is 4.77. The van der Waals surface area contributed by atoms with Crippen LogP contribution in [-0.4, -0.2) is 27.1 Å². The topological polar surface area (TPSA) is 23.5 Å². The Morgan fingerprint density at radius 3 is 1.92 bits per heavy atom. The van der Waals surface area contributed by atoms with Crippen molar-refractivity contribution in [3.8, 4) is 0 Å². The minimum absolute atomic E-state index is 0.0502. The molecular weight excluding hydrogens is 334 g/mol. The van der Waals surface area contributed by atoms with Gasteiger partial charge in [0.15, 0.2) is 0 Å². The van der Waals surface area contributed by atoms with Crippen LogP contribution in [0.15, 0.2) is 60.7 Å². The van der Waals surface area contributed by atoms with Crippen molar-refractivity contribution in [3.05, 3.63) is 66.2 Å². The number of benzene rings is 2. The van der Waals surface area contributed by atoms with E-state index in [1.54, 1.807) is 0 Å². The van der Waals surface area contributed by atoms with Crippen molar-refractivity contribution in [1.29, 1.82) is 0 Å². The third-order valence-electron chi connectivity index (χ3n) is 5.63. The number of aliphatic hydroxyl groups is 1. The average molecular weight is 369 g/mol. The summed E-state index contributed by atoms with van der Waals surface area (Å²) in [7, 11) is -0.0502. The first-order chi connectivity index (χ1) is 12.3. The normalized spacial score (nSPS) is 20.0. The molecule has 0 unspecified atom stereocenters. The highest BCUT2D eigenvalue weighted by Gasteiger charge is 2.41. The fraction of sp³-hybridized carbons (Fsp3) is 0.478. The lowest BCUT2D eigenvalue weighted by molar-refractivity contribution is 0.198. The zero-order valence-electron chi connectivity index (χ0n) is 17.0. The molecular formula is C23H34NOSi. The smallest absolute Gasteiger partial charge is 0.0884 e. The van der Waals surface area contributed by atoms with Gasteiger partial charge in [-0.25, -0.2) is 0 Å². The molecule has 0 aliphatic carbocycles. The maximum absolute atomic E-state index is 10.1. The predicted molar refractivity (Wildman–Crippen MR) is 115 cm³/mol. The number of para-hydroxylation sites is 1. The van der Waals surface area contributed by atoms with Crippen molar-refractivity contribution >= 4 is 14.5 Å². The van der Waals surface area contributed by atoms with Gasteiger partial charge in [-0.1, -0.05) is 82.4 Å². The molecule has 1 fully saturated rings. The van der Waals surface area contributed by atoms with Crippen LogP contribution in [0.1, 0.15) is 39.2 Å². The van der Waals surface area contributed by atoms with Gasteiger partial charge < -0.3 is 10.0 Å². The average Bonchev–Trinajstić information content (AvgIpc) is 3.08. The Labute approximate surface area is 161 Å². The number of aliphatic hydroxyl groups excluding tert-OH is 1. The standard InChI is InChI=1S/C17H19NO.C6H15Si/c19-14-17(15-8-3-1-4-9-15)12-7-13-18(17)16-10-5-2-6-11-16;1-6(2,3)7(4)5/h1-6,8-11,19H,7,12-14H2;1-5H3/t17-;/m0./s1. The van der Waals surface area contributed by atoms with Gasteiger partial charge in [-0.2, -0.15) is 0 Å². The lowest BCUT2D eigenvalue weighted by atomic mass is 9.87. The monoisotopic (exact) mass is 368 g/mol. The van der Waals surface area contributed by atoms with E-state index in [0.717, 1.165) is 19.4 Å². The summed E-state index contributed by atoms with van der Waals surface area (Å²) in [6.45, 7) is 12.8.